The Morgan fingerprint density at radius 3 is 2.52 bits per heavy atom. The van der Waals surface area contributed by atoms with Crippen molar-refractivity contribution in [3.8, 4) is 0 Å². The molecule has 3 rings (SSSR count). The second-order valence-corrected chi connectivity index (χ2v) is 7.09. The lowest BCUT2D eigenvalue weighted by Crippen LogP contribution is -2.41. The Morgan fingerprint density at radius 1 is 1.22 bits per heavy atom. The van der Waals surface area contributed by atoms with E-state index in [0.29, 0.717) is 36.1 Å². The minimum Gasteiger partial charge on any atom is -0.398 e. The maximum Gasteiger partial charge on any atom is 0.525 e. The molecule has 0 aromatic carbocycles. The summed E-state index contributed by atoms with van der Waals surface area (Å²) in [5, 5.41) is 0. The molecule has 122 valence electrons. The van der Waals surface area contributed by atoms with Gasteiger partial charge in [-0.1, -0.05) is 0 Å². The summed E-state index contributed by atoms with van der Waals surface area (Å²) in [6, 6.07) is 3.40. The summed E-state index contributed by atoms with van der Waals surface area (Å²) in [6.45, 7) is 7.53. The van der Waals surface area contributed by atoms with E-state index in [1.807, 2.05) is 27.7 Å². The van der Waals surface area contributed by atoms with E-state index in [1.54, 1.807) is 18.3 Å². The predicted octanol–water partition coefficient (Wildman–Crippen LogP) is 3.76. The minimum absolute atomic E-state index is 0.00446. The summed E-state index contributed by atoms with van der Waals surface area (Å²) in [5.74, 6) is 0.00446. The lowest BCUT2D eigenvalue weighted by molar-refractivity contribution is 0.00578. The van der Waals surface area contributed by atoms with Gasteiger partial charge in [-0.25, -0.2) is 4.39 Å². The molecule has 4 nitrogen and oxygen atoms in total. The third-order valence-electron chi connectivity index (χ3n) is 4.97. The molecule has 2 heterocycles. The molecule has 1 aliphatic carbocycles. The van der Waals surface area contributed by atoms with E-state index in [2.05, 4.69) is 4.98 Å². The monoisotopic (exact) mass is 317 g/mol. The zero-order chi connectivity index (χ0) is 16.8. The van der Waals surface area contributed by atoms with Gasteiger partial charge in [0.15, 0.2) is 5.78 Å². The maximum atomic E-state index is 15.1. The fourth-order valence-corrected chi connectivity index (χ4v) is 2.87. The molecule has 1 aliphatic heterocycles. The summed E-state index contributed by atoms with van der Waals surface area (Å²) in [7, 11) is -1.06. The first-order valence-electron chi connectivity index (χ1n) is 7.96. The lowest BCUT2D eigenvalue weighted by Gasteiger charge is -2.32. The third-order valence-corrected chi connectivity index (χ3v) is 4.97. The highest BCUT2D eigenvalue weighted by molar-refractivity contribution is 6.55. The van der Waals surface area contributed by atoms with Gasteiger partial charge in [0.1, 0.15) is 5.73 Å². The van der Waals surface area contributed by atoms with Crippen LogP contribution in [0, 0.1) is 0 Å². The van der Waals surface area contributed by atoms with Gasteiger partial charge in [0, 0.05) is 23.8 Å². The molecule has 0 saturated carbocycles. The highest BCUT2D eigenvalue weighted by Gasteiger charge is 2.53. The van der Waals surface area contributed by atoms with Gasteiger partial charge in [-0.05, 0) is 52.7 Å². The van der Waals surface area contributed by atoms with Crippen molar-refractivity contribution in [3.05, 3.63) is 35.3 Å². The Hall–Kier alpha value is -1.53. The minimum atomic E-state index is -1.06. The number of hydrogen-bond donors (Lipinski definition) is 0. The smallest absolute Gasteiger partial charge is 0.398 e. The van der Waals surface area contributed by atoms with Gasteiger partial charge in [-0.2, -0.15) is 0 Å². The molecule has 0 N–H and O–H groups in total. The topological polar surface area (TPSA) is 48.4 Å². The van der Waals surface area contributed by atoms with Gasteiger partial charge in [0.25, 0.3) is 0 Å². The molecule has 0 amide bonds. The van der Waals surface area contributed by atoms with Crippen molar-refractivity contribution in [2.45, 2.75) is 58.2 Å². The number of fused-ring (bicyclic) bond motifs is 1. The van der Waals surface area contributed by atoms with E-state index in [9.17, 15) is 4.79 Å². The fourth-order valence-electron chi connectivity index (χ4n) is 2.87. The summed E-state index contributed by atoms with van der Waals surface area (Å²) in [4.78, 5) is 16.4. The average Bonchev–Trinajstić information content (AvgIpc) is 2.61. The molecule has 0 unspecified atom stereocenters. The van der Waals surface area contributed by atoms with E-state index in [4.69, 9.17) is 9.31 Å². The molecule has 1 aromatic rings. The number of halogens is 1. The van der Waals surface area contributed by atoms with Gasteiger partial charge in [-0.3, -0.25) is 9.78 Å². The number of carbonyl (C=O) groups excluding carboxylic acids is 1. The number of Topliss-reactive ketones (excluding diaryl/α,β-unsaturated/α-hetero) is 1. The standard InChI is InChI=1S/C17H21BFNO3/c1-16(2)17(3,4)23-18(22-16)15(19)12-7-5-9-13(21)11-8-6-10-20-14(11)12/h6,8,10H,5,7,9H2,1-4H3. The van der Waals surface area contributed by atoms with Crippen LogP contribution in [0.15, 0.2) is 24.1 Å². The number of hydrogen-bond acceptors (Lipinski definition) is 4. The third kappa shape index (κ3) is 2.74. The van der Waals surface area contributed by atoms with E-state index < -0.39 is 24.0 Å². The number of ketones is 1. The Bertz CT molecular complexity index is 668. The van der Waals surface area contributed by atoms with Crippen LogP contribution in [0.2, 0.25) is 0 Å². The highest BCUT2D eigenvalue weighted by Crippen LogP contribution is 2.41. The molecular formula is C17H21BFNO3. The van der Waals surface area contributed by atoms with Crippen LogP contribution in [0.4, 0.5) is 4.39 Å². The Kier molecular flexibility index (Phi) is 3.93. The quantitative estimate of drug-likeness (QED) is 0.584. The number of pyridine rings is 1. The average molecular weight is 317 g/mol. The number of rotatable bonds is 1. The first-order chi connectivity index (χ1) is 10.7. The van der Waals surface area contributed by atoms with Crippen LogP contribution in [0.5, 0.6) is 0 Å². The summed E-state index contributed by atoms with van der Waals surface area (Å²) >= 11 is 0. The number of aromatic nitrogens is 1. The van der Waals surface area contributed by atoms with E-state index in [1.165, 1.54) is 0 Å². The second kappa shape index (κ2) is 5.53. The van der Waals surface area contributed by atoms with Gasteiger partial charge < -0.3 is 9.31 Å². The largest absolute Gasteiger partial charge is 0.525 e. The van der Waals surface area contributed by atoms with Crippen LogP contribution in [0.1, 0.15) is 63.0 Å². The summed E-state index contributed by atoms with van der Waals surface area (Å²) in [6.07, 6.45) is 3.02. The number of nitrogens with zero attached hydrogens (tertiary/aromatic N) is 1. The molecule has 2 aliphatic rings. The van der Waals surface area contributed by atoms with Crippen LogP contribution < -0.4 is 0 Å². The second-order valence-electron chi connectivity index (χ2n) is 7.09. The molecule has 0 bridgehead atoms. The van der Waals surface area contributed by atoms with Crippen molar-refractivity contribution in [2.75, 3.05) is 0 Å². The van der Waals surface area contributed by atoms with Crippen molar-refractivity contribution in [1.82, 2.24) is 4.98 Å². The molecular weight excluding hydrogens is 296 g/mol. The van der Waals surface area contributed by atoms with E-state index in [-0.39, 0.29) is 5.78 Å². The SMILES string of the molecule is CC1(C)OB(C(F)=C2CCCC(=O)c3cccnc32)OC1(C)C. The lowest BCUT2D eigenvalue weighted by atomic mass is 9.82. The van der Waals surface area contributed by atoms with Crippen LogP contribution in [-0.4, -0.2) is 29.1 Å². The normalized spacial score (nSPS) is 25.1. The summed E-state index contributed by atoms with van der Waals surface area (Å²) in [5.41, 5.74) is -0.372. The van der Waals surface area contributed by atoms with Crippen LogP contribution in [0.25, 0.3) is 5.57 Å². The Balaban J connectivity index is 2.04. The number of allylic oxidation sites excluding steroid dienone is 1. The fraction of sp³-hybridized carbons (Fsp3) is 0.529. The molecule has 1 aromatic heterocycles. The van der Waals surface area contributed by atoms with Crippen molar-refractivity contribution in [2.24, 2.45) is 0 Å². The van der Waals surface area contributed by atoms with Gasteiger partial charge in [0.05, 0.1) is 16.9 Å². The van der Waals surface area contributed by atoms with Crippen LogP contribution in [-0.2, 0) is 9.31 Å². The number of carbonyl (C=O) groups is 1. The molecule has 0 spiro atoms. The molecule has 6 heteroatoms. The highest BCUT2D eigenvalue weighted by atomic mass is 19.1. The van der Waals surface area contributed by atoms with Gasteiger partial charge in [0.2, 0.25) is 0 Å². The Labute approximate surface area is 136 Å². The van der Waals surface area contributed by atoms with Crippen LogP contribution in [0.3, 0.4) is 0 Å². The zero-order valence-corrected chi connectivity index (χ0v) is 14.0. The summed E-state index contributed by atoms with van der Waals surface area (Å²) < 4.78 is 26.7. The van der Waals surface area contributed by atoms with Crippen molar-refractivity contribution < 1.29 is 18.5 Å². The Morgan fingerprint density at radius 2 is 1.87 bits per heavy atom. The first kappa shape index (κ1) is 16.3. The van der Waals surface area contributed by atoms with Gasteiger partial charge in [-0.15, -0.1) is 0 Å². The maximum absolute atomic E-state index is 15.1. The molecule has 0 atom stereocenters. The van der Waals surface area contributed by atoms with Crippen molar-refractivity contribution >= 4 is 18.5 Å². The van der Waals surface area contributed by atoms with E-state index in [0.717, 1.165) is 0 Å². The van der Waals surface area contributed by atoms with E-state index >= 15 is 4.39 Å². The molecule has 1 fully saturated rings. The predicted molar refractivity (Wildman–Crippen MR) is 86.5 cm³/mol. The van der Waals surface area contributed by atoms with Crippen molar-refractivity contribution in [3.63, 3.8) is 0 Å². The van der Waals surface area contributed by atoms with Crippen LogP contribution >= 0.6 is 0 Å². The van der Waals surface area contributed by atoms with Crippen molar-refractivity contribution in [1.29, 1.82) is 0 Å². The first-order valence-corrected chi connectivity index (χ1v) is 7.96. The zero-order valence-electron chi connectivity index (χ0n) is 14.0. The molecule has 23 heavy (non-hydrogen) atoms. The van der Waals surface area contributed by atoms with Gasteiger partial charge >= 0.3 is 7.12 Å². The molecule has 0 radical (unpaired) electrons. The molecule has 1 saturated heterocycles.